The summed E-state index contributed by atoms with van der Waals surface area (Å²) < 4.78 is 5.30. The van der Waals surface area contributed by atoms with E-state index in [1.165, 1.54) is 6.07 Å². The summed E-state index contributed by atoms with van der Waals surface area (Å²) in [5.74, 6) is 0. The monoisotopic (exact) mass is 237 g/mol. The van der Waals surface area contributed by atoms with E-state index in [-0.39, 0.29) is 5.56 Å². The Hall–Kier alpha value is -1.33. The maximum Gasteiger partial charge on any atom is 0.248 e. The molecule has 1 aromatic heterocycles. The smallest absolute Gasteiger partial charge is 0.248 e. The molecule has 5 heteroatoms. The van der Waals surface area contributed by atoms with Gasteiger partial charge in [0.25, 0.3) is 0 Å². The number of aromatic nitrogens is 1. The quantitative estimate of drug-likeness (QED) is 0.733. The second-order valence-electron chi connectivity index (χ2n) is 4.18. The molecule has 1 fully saturated rings. The number of nitrogens with one attached hydrogen (secondary N) is 2. The molecule has 0 saturated carbocycles. The number of aromatic amines is 1. The summed E-state index contributed by atoms with van der Waals surface area (Å²) in [6.45, 7) is 5.81. The van der Waals surface area contributed by atoms with Crippen LogP contribution in [0.3, 0.4) is 0 Å². The Morgan fingerprint density at radius 1 is 1.35 bits per heavy atom. The third-order valence-corrected chi connectivity index (χ3v) is 2.87. The van der Waals surface area contributed by atoms with Crippen LogP contribution in [0, 0.1) is 0 Å². The molecule has 0 unspecified atom stereocenters. The Morgan fingerprint density at radius 2 is 2.18 bits per heavy atom. The number of pyridine rings is 1. The molecule has 0 spiro atoms. The Kier molecular flexibility index (Phi) is 4.58. The van der Waals surface area contributed by atoms with Crippen LogP contribution in [0.4, 0.5) is 5.69 Å². The second-order valence-corrected chi connectivity index (χ2v) is 4.18. The molecular weight excluding hydrogens is 218 g/mol. The van der Waals surface area contributed by atoms with Crippen molar-refractivity contribution >= 4 is 5.69 Å². The molecule has 2 rings (SSSR count). The van der Waals surface area contributed by atoms with Crippen LogP contribution in [0.2, 0.25) is 0 Å². The van der Waals surface area contributed by atoms with Crippen molar-refractivity contribution in [1.29, 1.82) is 0 Å². The Labute approximate surface area is 101 Å². The number of hydrogen-bond donors (Lipinski definition) is 2. The third-order valence-electron chi connectivity index (χ3n) is 2.87. The lowest BCUT2D eigenvalue weighted by molar-refractivity contribution is 0.0378. The zero-order valence-electron chi connectivity index (χ0n) is 9.95. The molecule has 0 bridgehead atoms. The van der Waals surface area contributed by atoms with E-state index < -0.39 is 0 Å². The molecule has 0 atom stereocenters. The van der Waals surface area contributed by atoms with Gasteiger partial charge in [-0.25, -0.2) is 0 Å². The highest BCUT2D eigenvalue weighted by atomic mass is 16.5. The van der Waals surface area contributed by atoms with Crippen LogP contribution in [-0.2, 0) is 4.74 Å². The standard InChI is InChI=1S/C12H19N3O2/c16-12-3-2-11(10-14-12)13-4-1-5-15-6-8-17-9-7-15/h2-3,10,13H,1,4-9H2,(H,14,16). The number of rotatable bonds is 5. The average Bonchev–Trinajstić information content (AvgIpc) is 2.38. The zero-order chi connectivity index (χ0) is 11.9. The van der Waals surface area contributed by atoms with Crippen LogP contribution in [0.1, 0.15) is 6.42 Å². The van der Waals surface area contributed by atoms with Gasteiger partial charge in [0.05, 0.1) is 18.9 Å². The molecular formula is C12H19N3O2. The van der Waals surface area contributed by atoms with Crippen molar-refractivity contribution < 1.29 is 4.74 Å². The van der Waals surface area contributed by atoms with Gasteiger partial charge in [0.15, 0.2) is 0 Å². The number of H-pyrrole nitrogens is 1. The Balaban J connectivity index is 1.62. The van der Waals surface area contributed by atoms with Gasteiger partial charge in [-0.15, -0.1) is 0 Å². The number of ether oxygens (including phenoxy) is 1. The van der Waals surface area contributed by atoms with E-state index >= 15 is 0 Å². The first-order valence-corrected chi connectivity index (χ1v) is 6.07. The van der Waals surface area contributed by atoms with Crippen molar-refractivity contribution in [3.63, 3.8) is 0 Å². The van der Waals surface area contributed by atoms with Gasteiger partial charge in [0.1, 0.15) is 0 Å². The van der Waals surface area contributed by atoms with Crippen LogP contribution >= 0.6 is 0 Å². The summed E-state index contributed by atoms with van der Waals surface area (Å²) in [4.78, 5) is 15.9. The number of anilines is 1. The Morgan fingerprint density at radius 3 is 2.88 bits per heavy atom. The van der Waals surface area contributed by atoms with Gasteiger partial charge in [0.2, 0.25) is 5.56 Å². The Bertz CT molecular complexity index is 365. The minimum Gasteiger partial charge on any atom is -0.384 e. The third kappa shape index (κ3) is 4.20. The van der Waals surface area contributed by atoms with Crippen LogP contribution in [0.15, 0.2) is 23.1 Å². The zero-order valence-corrected chi connectivity index (χ0v) is 9.95. The highest BCUT2D eigenvalue weighted by molar-refractivity contribution is 5.39. The van der Waals surface area contributed by atoms with Crippen molar-refractivity contribution in [3.8, 4) is 0 Å². The van der Waals surface area contributed by atoms with E-state index in [0.29, 0.717) is 0 Å². The van der Waals surface area contributed by atoms with E-state index in [4.69, 9.17) is 4.74 Å². The van der Waals surface area contributed by atoms with Crippen molar-refractivity contribution in [2.45, 2.75) is 6.42 Å². The van der Waals surface area contributed by atoms with E-state index in [2.05, 4.69) is 15.2 Å². The predicted molar refractivity (Wildman–Crippen MR) is 67.4 cm³/mol. The number of nitrogens with zero attached hydrogens (tertiary/aromatic N) is 1. The van der Waals surface area contributed by atoms with Crippen LogP contribution < -0.4 is 10.9 Å². The molecule has 17 heavy (non-hydrogen) atoms. The molecule has 0 aliphatic carbocycles. The van der Waals surface area contributed by atoms with Crippen LogP contribution in [0.5, 0.6) is 0 Å². The molecule has 0 aromatic carbocycles. The molecule has 2 heterocycles. The summed E-state index contributed by atoms with van der Waals surface area (Å²) in [5.41, 5.74) is 0.899. The minimum atomic E-state index is -0.0659. The topological polar surface area (TPSA) is 57.4 Å². The summed E-state index contributed by atoms with van der Waals surface area (Å²) >= 11 is 0. The van der Waals surface area contributed by atoms with Crippen LogP contribution in [0.25, 0.3) is 0 Å². The molecule has 0 amide bonds. The van der Waals surface area contributed by atoms with Crippen LogP contribution in [-0.4, -0.2) is 49.3 Å². The van der Waals surface area contributed by atoms with Gasteiger partial charge in [-0.3, -0.25) is 9.69 Å². The van der Waals surface area contributed by atoms with Gasteiger partial charge in [-0.05, 0) is 19.0 Å². The van der Waals surface area contributed by atoms with Crippen molar-refractivity contribution in [2.24, 2.45) is 0 Å². The predicted octanol–water partition coefficient (Wildman–Crippen LogP) is 0.509. The molecule has 1 aliphatic rings. The minimum absolute atomic E-state index is 0.0659. The molecule has 94 valence electrons. The first-order valence-electron chi connectivity index (χ1n) is 6.07. The summed E-state index contributed by atoms with van der Waals surface area (Å²) in [6, 6.07) is 3.33. The van der Waals surface area contributed by atoms with Gasteiger partial charge in [-0.1, -0.05) is 0 Å². The van der Waals surface area contributed by atoms with Gasteiger partial charge < -0.3 is 15.0 Å². The van der Waals surface area contributed by atoms with Crippen molar-refractivity contribution in [1.82, 2.24) is 9.88 Å². The maximum absolute atomic E-state index is 10.9. The van der Waals surface area contributed by atoms with E-state index in [9.17, 15) is 4.79 Å². The van der Waals surface area contributed by atoms with E-state index in [1.54, 1.807) is 12.3 Å². The largest absolute Gasteiger partial charge is 0.384 e. The lowest BCUT2D eigenvalue weighted by atomic mass is 10.3. The highest BCUT2D eigenvalue weighted by Gasteiger charge is 2.08. The first-order chi connectivity index (χ1) is 8.34. The average molecular weight is 237 g/mol. The molecule has 1 aliphatic heterocycles. The summed E-state index contributed by atoms with van der Waals surface area (Å²) in [6.07, 6.45) is 2.80. The highest BCUT2D eigenvalue weighted by Crippen LogP contribution is 2.02. The normalized spacial score (nSPS) is 16.9. The molecule has 1 aromatic rings. The second kappa shape index (κ2) is 6.42. The lowest BCUT2D eigenvalue weighted by Gasteiger charge is -2.26. The molecule has 1 saturated heterocycles. The summed E-state index contributed by atoms with van der Waals surface area (Å²) in [5, 5.41) is 3.28. The summed E-state index contributed by atoms with van der Waals surface area (Å²) in [7, 11) is 0. The van der Waals surface area contributed by atoms with E-state index in [1.807, 2.05) is 0 Å². The van der Waals surface area contributed by atoms with Crippen molar-refractivity contribution in [3.05, 3.63) is 28.7 Å². The number of hydrogen-bond acceptors (Lipinski definition) is 4. The van der Waals surface area contributed by atoms with E-state index in [0.717, 1.165) is 51.5 Å². The fraction of sp³-hybridized carbons (Fsp3) is 0.583. The van der Waals surface area contributed by atoms with Gasteiger partial charge in [-0.2, -0.15) is 0 Å². The first kappa shape index (κ1) is 12.1. The maximum atomic E-state index is 10.9. The van der Waals surface area contributed by atoms with Crippen molar-refractivity contribution in [2.75, 3.05) is 44.7 Å². The fourth-order valence-corrected chi connectivity index (χ4v) is 1.88. The molecule has 2 N–H and O–H groups in total. The van der Waals surface area contributed by atoms with Gasteiger partial charge >= 0.3 is 0 Å². The fourth-order valence-electron chi connectivity index (χ4n) is 1.88. The molecule has 0 radical (unpaired) electrons. The SMILES string of the molecule is O=c1ccc(NCCCN2CCOCC2)c[nH]1. The number of morpholine rings is 1. The lowest BCUT2D eigenvalue weighted by Crippen LogP contribution is -2.37. The molecule has 5 nitrogen and oxygen atoms in total. The van der Waals surface area contributed by atoms with Gasteiger partial charge in [0, 0.05) is 31.9 Å².